The Morgan fingerprint density at radius 3 is 2.70 bits per heavy atom. The van der Waals surface area contributed by atoms with Crippen LogP contribution in [0.5, 0.6) is 0 Å². The molecule has 1 aromatic carbocycles. The van der Waals surface area contributed by atoms with E-state index in [2.05, 4.69) is 10.1 Å². The fourth-order valence-corrected chi connectivity index (χ4v) is 4.19. The topological polar surface area (TPSA) is 47.8 Å². The average Bonchev–Trinajstić information content (AvgIpc) is 3.21. The summed E-state index contributed by atoms with van der Waals surface area (Å²) in [7, 11) is 0. The van der Waals surface area contributed by atoms with Crippen LogP contribution >= 0.6 is 22.7 Å². The van der Waals surface area contributed by atoms with Crippen LogP contribution in [0.25, 0.3) is 20.8 Å². The number of thiophene rings is 1. The van der Waals surface area contributed by atoms with Crippen molar-refractivity contribution in [2.45, 2.75) is 13.5 Å². The first-order chi connectivity index (χ1) is 11.2. The van der Waals surface area contributed by atoms with Crippen LogP contribution in [0.3, 0.4) is 0 Å². The molecule has 0 radical (unpaired) electrons. The van der Waals surface area contributed by atoms with Crippen molar-refractivity contribution in [1.82, 2.24) is 14.8 Å². The monoisotopic (exact) mass is 339 g/mol. The molecule has 0 unspecified atom stereocenters. The van der Waals surface area contributed by atoms with E-state index >= 15 is 0 Å². The number of fused-ring (bicyclic) bond motifs is 1. The lowest BCUT2D eigenvalue weighted by Gasteiger charge is -2.07. The molecular weight excluding hydrogens is 326 g/mol. The highest BCUT2D eigenvalue weighted by Gasteiger charge is 2.17. The van der Waals surface area contributed by atoms with E-state index in [9.17, 15) is 4.79 Å². The van der Waals surface area contributed by atoms with Crippen LogP contribution in [0, 0.1) is 6.92 Å². The molecule has 0 saturated carbocycles. The van der Waals surface area contributed by atoms with E-state index in [1.54, 1.807) is 11.3 Å². The Hall–Kier alpha value is -2.31. The number of aromatic nitrogens is 3. The highest BCUT2D eigenvalue weighted by atomic mass is 32.1. The van der Waals surface area contributed by atoms with Crippen LogP contribution in [0.4, 0.5) is 0 Å². The molecule has 0 aliphatic carbocycles. The quantitative estimate of drug-likeness (QED) is 0.568. The molecule has 0 N–H and O–H groups in total. The molecule has 0 saturated heterocycles. The first kappa shape index (κ1) is 14.3. The molecule has 3 aromatic heterocycles. The van der Waals surface area contributed by atoms with Crippen LogP contribution in [0.15, 0.2) is 52.6 Å². The molecule has 23 heavy (non-hydrogen) atoms. The molecule has 4 nitrogen and oxygen atoms in total. The van der Waals surface area contributed by atoms with Crippen molar-refractivity contribution in [3.63, 3.8) is 0 Å². The third-order valence-electron chi connectivity index (χ3n) is 3.54. The minimum atomic E-state index is -0.131. The fraction of sp³-hybridized carbons (Fsp3) is 0.118. The normalized spacial score (nSPS) is 11.2. The van der Waals surface area contributed by atoms with Gasteiger partial charge in [-0.1, -0.05) is 36.4 Å². The third kappa shape index (κ3) is 2.60. The summed E-state index contributed by atoms with van der Waals surface area (Å²) in [6.45, 7) is 2.37. The lowest BCUT2D eigenvalue weighted by Crippen LogP contribution is -2.24. The van der Waals surface area contributed by atoms with Crippen LogP contribution < -0.4 is 5.56 Å². The highest BCUT2D eigenvalue weighted by Crippen LogP contribution is 2.32. The van der Waals surface area contributed by atoms with Crippen molar-refractivity contribution < 1.29 is 0 Å². The number of hydrogen-bond acceptors (Lipinski definition) is 5. The van der Waals surface area contributed by atoms with Crippen molar-refractivity contribution in [3.05, 3.63) is 68.8 Å². The fourth-order valence-electron chi connectivity index (χ4n) is 2.50. The minimum Gasteiger partial charge on any atom is -0.265 e. The second-order valence-corrected chi connectivity index (χ2v) is 7.34. The molecule has 0 spiro atoms. The number of rotatable bonds is 3. The van der Waals surface area contributed by atoms with Gasteiger partial charge in [-0.3, -0.25) is 4.79 Å². The lowest BCUT2D eigenvalue weighted by atomic mass is 10.2. The SMILES string of the molecule is Cc1nc2c(=O)n(Cc3ccccc3)nc(-c3cccs3)c2s1. The number of hydrogen-bond donors (Lipinski definition) is 0. The molecule has 0 aliphatic rings. The van der Waals surface area contributed by atoms with E-state index in [4.69, 9.17) is 0 Å². The molecule has 6 heteroatoms. The Bertz CT molecular complexity index is 1020. The maximum atomic E-state index is 12.7. The van der Waals surface area contributed by atoms with Gasteiger partial charge in [-0.05, 0) is 23.9 Å². The molecule has 0 bridgehead atoms. The van der Waals surface area contributed by atoms with Gasteiger partial charge >= 0.3 is 0 Å². The minimum absolute atomic E-state index is 0.131. The Labute approximate surface area is 140 Å². The van der Waals surface area contributed by atoms with Gasteiger partial charge in [-0.25, -0.2) is 9.67 Å². The molecule has 0 fully saturated rings. The smallest absolute Gasteiger partial charge is 0.265 e. The second kappa shape index (κ2) is 5.72. The van der Waals surface area contributed by atoms with Crippen LogP contribution in [-0.2, 0) is 6.54 Å². The van der Waals surface area contributed by atoms with E-state index < -0.39 is 0 Å². The number of benzene rings is 1. The Balaban J connectivity index is 1.95. The van der Waals surface area contributed by atoms with Gasteiger partial charge in [0.25, 0.3) is 5.56 Å². The van der Waals surface area contributed by atoms with Crippen molar-refractivity contribution in [2.24, 2.45) is 0 Å². The van der Waals surface area contributed by atoms with Gasteiger partial charge in [0.05, 0.1) is 21.1 Å². The van der Waals surface area contributed by atoms with E-state index in [1.165, 1.54) is 16.0 Å². The molecule has 3 heterocycles. The van der Waals surface area contributed by atoms with Gasteiger partial charge in [0, 0.05) is 0 Å². The van der Waals surface area contributed by atoms with Gasteiger partial charge in [0.1, 0.15) is 5.69 Å². The first-order valence-electron chi connectivity index (χ1n) is 7.18. The van der Waals surface area contributed by atoms with Crippen molar-refractivity contribution >= 4 is 32.9 Å². The summed E-state index contributed by atoms with van der Waals surface area (Å²) in [6.07, 6.45) is 0. The predicted octanol–water partition coefficient (Wildman–Crippen LogP) is 3.94. The zero-order valence-electron chi connectivity index (χ0n) is 12.4. The standard InChI is InChI=1S/C17H13N3OS2/c1-11-18-15-16(23-11)14(13-8-5-9-22-13)19-20(17(15)21)10-12-6-3-2-4-7-12/h2-9H,10H2,1H3. The lowest BCUT2D eigenvalue weighted by molar-refractivity contribution is 0.650. The largest absolute Gasteiger partial charge is 0.294 e. The second-order valence-electron chi connectivity index (χ2n) is 5.18. The molecule has 4 rings (SSSR count). The van der Waals surface area contributed by atoms with Crippen molar-refractivity contribution in [3.8, 4) is 10.6 Å². The number of aryl methyl sites for hydroxylation is 1. The van der Waals surface area contributed by atoms with Crippen molar-refractivity contribution in [2.75, 3.05) is 0 Å². The first-order valence-corrected chi connectivity index (χ1v) is 8.88. The van der Waals surface area contributed by atoms with Gasteiger partial charge in [0.15, 0.2) is 5.52 Å². The van der Waals surface area contributed by atoms with E-state index in [0.717, 1.165) is 25.8 Å². The zero-order chi connectivity index (χ0) is 15.8. The Morgan fingerprint density at radius 2 is 1.96 bits per heavy atom. The van der Waals surface area contributed by atoms with Gasteiger partial charge in [-0.2, -0.15) is 5.10 Å². The summed E-state index contributed by atoms with van der Waals surface area (Å²) >= 11 is 3.15. The van der Waals surface area contributed by atoms with Crippen LogP contribution in [0.2, 0.25) is 0 Å². The summed E-state index contributed by atoms with van der Waals surface area (Å²) in [6, 6.07) is 13.9. The number of nitrogens with zero attached hydrogens (tertiary/aromatic N) is 3. The molecule has 0 aliphatic heterocycles. The highest BCUT2D eigenvalue weighted by molar-refractivity contribution is 7.20. The van der Waals surface area contributed by atoms with Gasteiger partial charge in [-0.15, -0.1) is 22.7 Å². The third-order valence-corrected chi connectivity index (χ3v) is 5.39. The maximum absolute atomic E-state index is 12.7. The molecular formula is C17H13N3OS2. The summed E-state index contributed by atoms with van der Waals surface area (Å²) in [5.41, 5.74) is 2.28. The Morgan fingerprint density at radius 1 is 1.13 bits per heavy atom. The zero-order valence-corrected chi connectivity index (χ0v) is 14.0. The molecule has 0 amide bonds. The van der Waals surface area contributed by atoms with Gasteiger partial charge < -0.3 is 0 Å². The summed E-state index contributed by atoms with van der Waals surface area (Å²) < 4.78 is 2.39. The average molecular weight is 339 g/mol. The summed E-state index contributed by atoms with van der Waals surface area (Å²) in [4.78, 5) is 18.2. The summed E-state index contributed by atoms with van der Waals surface area (Å²) in [5, 5.41) is 7.54. The van der Waals surface area contributed by atoms with E-state index in [1.807, 2.05) is 54.8 Å². The maximum Gasteiger partial charge on any atom is 0.294 e. The molecule has 0 atom stereocenters. The Kier molecular flexibility index (Phi) is 3.55. The van der Waals surface area contributed by atoms with Crippen LogP contribution in [-0.4, -0.2) is 14.8 Å². The number of thiazole rings is 1. The van der Waals surface area contributed by atoms with E-state index in [0.29, 0.717) is 12.1 Å². The van der Waals surface area contributed by atoms with Gasteiger partial charge in [0.2, 0.25) is 0 Å². The molecule has 114 valence electrons. The van der Waals surface area contributed by atoms with Crippen LogP contribution in [0.1, 0.15) is 10.6 Å². The predicted molar refractivity (Wildman–Crippen MR) is 95.3 cm³/mol. The van der Waals surface area contributed by atoms with E-state index in [-0.39, 0.29) is 5.56 Å². The summed E-state index contributed by atoms with van der Waals surface area (Å²) in [5.74, 6) is 0. The van der Waals surface area contributed by atoms with Crippen molar-refractivity contribution in [1.29, 1.82) is 0 Å². The molecule has 4 aromatic rings.